The van der Waals surface area contributed by atoms with E-state index >= 15 is 0 Å². The molecule has 1 N–H and O–H groups in total. The van der Waals surface area contributed by atoms with Crippen LogP contribution in [0.25, 0.3) is 11.0 Å². The van der Waals surface area contributed by atoms with E-state index in [-0.39, 0.29) is 5.91 Å². The zero-order valence-corrected chi connectivity index (χ0v) is 8.64. The van der Waals surface area contributed by atoms with Gasteiger partial charge in [-0.3, -0.25) is 4.79 Å². The monoisotopic (exact) mass is 217 g/mol. The van der Waals surface area contributed by atoms with Gasteiger partial charge in [-0.1, -0.05) is 0 Å². The van der Waals surface area contributed by atoms with E-state index in [2.05, 4.69) is 9.97 Å². The fourth-order valence-electron chi connectivity index (χ4n) is 1.83. The number of ether oxygens (including phenoxy) is 1. The summed E-state index contributed by atoms with van der Waals surface area (Å²) in [7, 11) is 0. The summed E-state index contributed by atoms with van der Waals surface area (Å²) < 4.78 is 5.16. The van der Waals surface area contributed by atoms with E-state index in [1.165, 1.54) is 0 Å². The zero-order chi connectivity index (χ0) is 11.0. The number of aromatic nitrogens is 2. The van der Waals surface area contributed by atoms with Crippen LogP contribution in [0.3, 0.4) is 0 Å². The van der Waals surface area contributed by atoms with E-state index < -0.39 is 0 Å². The smallest absolute Gasteiger partial charge is 0.255 e. The summed E-state index contributed by atoms with van der Waals surface area (Å²) in [6.07, 6.45) is 1.62. The standard InChI is InChI=1S/C11H11N3O2/c15-11(14-3-4-16-7-14)8-1-2-9-10(5-8)13-6-12-9/h1-2,5-6H,3-4,7H2,(H,12,13). The molecule has 1 aromatic carbocycles. The van der Waals surface area contributed by atoms with Crippen molar-refractivity contribution in [3.05, 3.63) is 30.1 Å². The normalized spacial score (nSPS) is 15.9. The molecule has 3 rings (SSSR count). The Balaban J connectivity index is 1.95. The molecule has 1 amide bonds. The second-order valence-corrected chi connectivity index (χ2v) is 3.74. The van der Waals surface area contributed by atoms with E-state index in [0.29, 0.717) is 25.4 Å². The van der Waals surface area contributed by atoms with Gasteiger partial charge >= 0.3 is 0 Å². The Labute approximate surface area is 92.0 Å². The molecule has 5 heteroatoms. The Morgan fingerprint density at radius 2 is 2.44 bits per heavy atom. The summed E-state index contributed by atoms with van der Waals surface area (Å²) in [6, 6.07) is 5.46. The second-order valence-electron chi connectivity index (χ2n) is 3.74. The summed E-state index contributed by atoms with van der Waals surface area (Å²) in [4.78, 5) is 20.8. The first-order chi connectivity index (χ1) is 7.84. The van der Waals surface area contributed by atoms with Gasteiger partial charge in [-0.05, 0) is 18.2 Å². The third-order valence-corrected chi connectivity index (χ3v) is 2.71. The van der Waals surface area contributed by atoms with Crippen LogP contribution in [0.5, 0.6) is 0 Å². The molecular weight excluding hydrogens is 206 g/mol. The minimum Gasteiger partial charge on any atom is -0.359 e. The average Bonchev–Trinajstić information content (AvgIpc) is 2.98. The van der Waals surface area contributed by atoms with Gasteiger partial charge in [-0.25, -0.2) is 4.98 Å². The molecule has 1 fully saturated rings. The van der Waals surface area contributed by atoms with Gasteiger partial charge in [0.25, 0.3) is 5.91 Å². The summed E-state index contributed by atoms with van der Waals surface area (Å²) in [5.74, 6) is 0.00833. The molecule has 1 saturated heterocycles. The number of H-pyrrole nitrogens is 1. The fraction of sp³-hybridized carbons (Fsp3) is 0.273. The molecule has 0 saturated carbocycles. The van der Waals surface area contributed by atoms with Crippen molar-refractivity contribution >= 4 is 16.9 Å². The molecular formula is C11H11N3O2. The number of fused-ring (bicyclic) bond motifs is 1. The van der Waals surface area contributed by atoms with E-state index in [9.17, 15) is 4.79 Å². The van der Waals surface area contributed by atoms with Crippen molar-refractivity contribution in [2.45, 2.75) is 0 Å². The summed E-state index contributed by atoms with van der Waals surface area (Å²) in [6.45, 7) is 1.68. The number of benzene rings is 1. The predicted octanol–water partition coefficient (Wildman–Crippen LogP) is 0.993. The van der Waals surface area contributed by atoms with Crippen LogP contribution in [0, 0.1) is 0 Å². The predicted molar refractivity (Wildman–Crippen MR) is 57.9 cm³/mol. The highest BCUT2D eigenvalue weighted by molar-refractivity contribution is 5.97. The first-order valence-corrected chi connectivity index (χ1v) is 5.15. The van der Waals surface area contributed by atoms with Crippen molar-refractivity contribution in [3.8, 4) is 0 Å². The van der Waals surface area contributed by atoms with Crippen LogP contribution in [0.15, 0.2) is 24.5 Å². The molecule has 0 unspecified atom stereocenters. The molecule has 1 aliphatic heterocycles. The van der Waals surface area contributed by atoms with Crippen LogP contribution in [0.2, 0.25) is 0 Å². The number of amides is 1. The third kappa shape index (κ3) is 1.45. The Kier molecular flexibility index (Phi) is 2.11. The number of hydrogen-bond acceptors (Lipinski definition) is 3. The highest BCUT2D eigenvalue weighted by atomic mass is 16.5. The molecule has 1 aliphatic rings. The van der Waals surface area contributed by atoms with Crippen LogP contribution in [0.1, 0.15) is 10.4 Å². The van der Waals surface area contributed by atoms with Gasteiger partial charge in [0.15, 0.2) is 0 Å². The highest BCUT2D eigenvalue weighted by Gasteiger charge is 2.20. The summed E-state index contributed by atoms with van der Waals surface area (Å²) in [5, 5.41) is 0. The van der Waals surface area contributed by atoms with Gasteiger partial charge in [0, 0.05) is 12.1 Å². The maximum atomic E-state index is 12.0. The molecule has 2 heterocycles. The molecule has 0 bridgehead atoms. The molecule has 1 aromatic heterocycles. The first-order valence-electron chi connectivity index (χ1n) is 5.15. The number of nitrogens with zero attached hydrogens (tertiary/aromatic N) is 2. The minimum atomic E-state index is 0.00833. The van der Waals surface area contributed by atoms with Crippen molar-refractivity contribution in [3.63, 3.8) is 0 Å². The zero-order valence-electron chi connectivity index (χ0n) is 8.64. The molecule has 2 aromatic rings. The molecule has 5 nitrogen and oxygen atoms in total. The molecule has 16 heavy (non-hydrogen) atoms. The van der Waals surface area contributed by atoms with E-state index in [1.54, 1.807) is 17.3 Å². The van der Waals surface area contributed by atoms with Gasteiger partial charge in [-0.15, -0.1) is 0 Å². The van der Waals surface area contributed by atoms with Crippen LogP contribution in [-0.2, 0) is 4.74 Å². The van der Waals surface area contributed by atoms with Crippen molar-refractivity contribution in [1.29, 1.82) is 0 Å². The lowest BCUT2D eigenvalue weighted by Gasteiger charge is -2.13. The van der Waals surface area contributed by atoms with Gasteiger partial charge < -0.3 is 14.6 Å². The topological polar surface area (TPSA) is 58.2 Å². The van der Waals surface area contributed by atoms with Gasteiger partial charge in [0.05, 0.1) is 24.0 Å². The fourth-order valence-corrected chi connectivity index (χ4v) is 1.83. The minimum absolute atomic E-state index is 0.00833. The third-order valence-electron chi connectivity index (χ3n) is 2.71. The summed E-state index contributed by atoms with van der Waals surface area (Å²) >= 11 is 0. The number of hydrogen-bond donors (Lipinski definition) is 1. The van der Waals surface area contributed by atoms with Gasteiger partial charge in [0.2, 0.25) is 0 Å². The SMILES string of the molecule is O=C(c1ccc2nc[nH]c2c1)N1CCOC1. The number of rotatable bonds is 1. The Hall–Kier alpha value is -1.88. The lowest BCUT2D eigenvalue weighted by Crippen LogP contribution is -2.28. The number of imidazole rings is 1. The maximum Gasteiger partial charge on any atom is 0.255 e. The molecule has 0 radical (unpaired) electrons. The average molecular weight is 217 g/mol. The largest absolute Gasteiger partial charge is 0.359 e. The molecule has 0 aliphatic carbocycles. The highest BCUT2D eigenvalue weighted by Crippen LogP contribution is 2.14. The van der Waals surface area contributed by atoms with Crippen molar-refractivity contribution < 1.29 is 9.53 Å². The lowest BCUT2D eigenvalue weighted by molar-refractivity contribution is 0.0695. The van der Waals surface area contributed by atoms with Crippen LogP contribution < -0.4 is 0 Å². The molecule has 0 spiro atoms. The molecule has 0 atom stereocenters. The molecule has 82 valence electrons. The van der Waals surface area contributed by atoms with Gasteiger partial charge in [-0.2, -0.15) is 0 Å². The number of aromatic amines is 1. The quantitative estimate of drug-likeness (QED) is 0.775. The first kappa shape index (κ1) is 9.35. The number of carbonyl (C=O) groups is 1. The van der Waals surface area contributed by atoms with Crippen molar-refractivity contribution in [2.24, 2.45) is 0 Å². The van der Waals surface area contributed by atoms with Crippen LogP contribution in [0.4, 0.5) is 0 Å². The van der Waals surface area contributed by atoms with Crippen molar-refractivity contribution in [2.75, 3.05) is 19.9 Å². The van der Waals surface area contributed by atoms with E-state index in [0.717, 1.165) is 11.0 Å². The maximum absolute atomic E-state index is 12.0. The summed E-state index contributed by atoms with van der Waals surface area (Å²) in [5.41, 5.74) is 2.42. The number of nitrogens with one attached hydrogen (secondary N) is 1. The Morgan fingerprint density at radius 1 is 1.50 bits per heavy atom. The van der Waals surface area contributed by atoms with Crippen LogP contribution >= 0.6 is 0 Å². The second kappa shape index (κ2) is 3.61. The number of carbonyl (C=O) groups excluding carboxylic acids is 1. The van der Waals surface area contributed by atoms with E-state index in [4.69, 9.17) is 4.74 Å². The van der Waals surface area contributed by atoms with E-state index in [1.807, 2.05) is 12.1 Å². The van der Waals surface area contributed by atoms with Gasteiger partial charge in [0.1, 0.15) is 6.73 Å². The Bertz CT molecular complexity index is 529. The van der Waals surface area contributed by atoms with Crippen LogP contribution in [-0.4, -0.2) is 40.7 Å². The van der Waals surface area contributed by atoms with Crippen molar-refractivity contribution in [1.82, 2.24) is 14.9 Å². The lowest BCUT2D eigenvalue weighted by atomic mass is 10.2. The Morgan fingerprint density at radius 3 is 3.25 bits per heavy atom.